The van der Waals surface area contributed by atoms with E-state index in [-0.39, 0.29) is 0 Å². The summed E-state index contributed by atoms with van der Waals surface area (Å²) < 4.78 is 10.7. The number of ether oxygens (including phenoxy) is 2. The minimum absolute atomic E-state index is 0.529. The van der Waals surface area contributed by atoms with Crippen LogP contribution < -0.4 is 9.47 Å². The van der Waals surface area contributed by atoms with Gasteiger partial charge in [-0.25, -0.2) is 0 Å². The standard InChI is InChI=1S/C20H23NO2/c1-22-15-8-6-14(7-9-15)13-21-19-4-3-5-20(21)18-12-16(23-2)10-11-17(18)19/h6-12,19-20H,3-5,13H2,1-2H3. The summed E-state index contributed by atoms with van der Waals surface area (Å²) in [6.45, 7) is 0.996. The molecular weight excluding hydrogens is 286 g/mol. The Kier molecular flexibility index (Phi) is 3.74. The van der Waals surface area contributed by atoms with E-state index in [9.17, 15) is 0 Å². The molecule has 120 valence electrons. The lowest BCUT2D eigenvalue weighted by atomic mass is 9.99. The van der Waals surface area contributed by atoms with Crippen molar-refractivity contribution in [3.63, 3.8) is 0 Å². The van der Waals surface area contributed by atoms with Crippen LogP contribution in [0.2, 0.25) is 0 Å². The smallest absolute Gasteiger partial charge is 0.119 e. The summed E-state index contributed by atoms with van der Waals surface area (Å²) in [4.78, 5) is 2.66. The van der Waals surface area contributed by atoms with Crippen LogP contribution in [-0.4, -0.2) is 19.1 Å². The Morgan fingerprint density at radius 3 is 2.22 bits per heavy atom. The van der Waals surface area contributed by atoms with Crippen LogP contribution in [-0.2, 0) is 6.54 Å². The fraction of sp³-hybridized carbons (Fsp3) is 0.400. The first-order valence-corrected chi connectivity index (χ1v) is 8.36. The summed E-state index contributed by atoms with van der Waals surface area (Å²) in [5.41, 5.74) is 4.32. The van der Waals surface area contributed by atoms with Crippen LogP contribution in [0.4, 0.5) is 0 Å². The molecular formula is C20H23NO2. The minimum Gasteiger partial charge on any atom is -0.497 e. The molecule has 3 nitrogen and oxygen atoms in total. The molecule has 2 heterocycles. The van der Waals surface area contributed by atoms with Gasteiger partial charge in [0.15, 0.2) is 0 Å². The topological polar surface area (TPSA) is 21.7 Å². The molecule has 0 amide bonds. The number of piperidine rings is 1. The van der Waals surface area contributed by atoms with Gasteiger partial charge in [-0.1, -0.05) is 18.2 Å². The normalized spacial score (nSPS) is 22.7. The molecule has 2 bridgehead atoms. The number of rotatable bonds is 4. The molecule has 2 aliphatic rings. The highest BCUT2D eigenvalue weighted by atomic mass is 16.5. The fourth-order valence-corrected chi connectivity index (χ4v) is 4.16. The monoisotopic (exact) mass is 309 g/mol. The molecule has 0 aromatic heterocycles. The first kappa shape index (κ1) is 14.6. The van der Waals surface area contributed by atoms with Crippen molar-refractivity contribution in [3.05, 3.63) is 59.2 Å². The van der Waals surface area contributed by atoms with Crippen LogP contribution >= 0.6 is 0 Å². The Hall–Kier alpha value is -2.00. The Balaban J connectivity index is 1.62. The molecule has 1 fully saturated rings. The van der Waals surface area contributed by atoms with Crippen molar-refractivity contribution in [2.75, 3.05) is 14.2 Å². The van der Waals surface area contributed by atoms with E-state index in [0.29, 0.717) is 12.1 Å². The van der Waals surface area contributed by atoms with Crippen molar-refractivity contribution in [3.8, 4) is 11.5 Å². The highest BCUT2D eigenvalue weighted by Crippen LogP contribution is 2.51. The van der Waals surface area contributed by atoms with Gasteiger partial charge in [-0.3, -0.25) is 4.90 Å². The summed E-state index contributed by atoms with van der Waals surface area (Å²) in [6.07, 6.45) is 3.81. The van der Waals surface area contributed by atoms with Crippen molar-refractivity contribution >= 4 is 0 Å². The van der Waals surface area contributed by atoms with Gasteiger partial charge in [-0.2, -0.15) is 0 Å². The van der Waals surface area contributed by atoms with Crippen LogP contribution in [0.5, 0.6) is 11.5 Å². The molecule has 0 spiro atoms. The largest absolute Gasteiger partial charge is 0.497 e. The summed E-state index contributed by atoms with van der Waals surface area (Å²) >= 11 is 0. The van der Waals surface area contributed by atoms with Crippen LogP contribution in [0.15, 0.2) is 42.5 Å². The molecule has 0 aliphatic carbocycles. The second-order valence-corrected chi connectivity index (χ2v) is 6.48. The van der Waals surface area contributed by atoms with Gasteiger partial charge in [-0.05, 0) is 60.2 Å². The number of fused-ring (bicyclic) bond motifs is 5. The number of benzene rings is 2. The van der Waals surface area contributed by atoms with Crippen molar-refractivity contribution in [1.29, 1.82) is 0 Å². The Morgan fingerprint density at radius 2 is 1.52 bits per heavy atom. The molecule has 2 atom stereocenters. The molecule has 2 aromatic rings. The Morgan fingerprint density at radius 1 is 0.870 bits per heavy atom. The fourth-order valence-electron chi connectivity index (χ4n) is 4.16. The molecule has 0 saturated carbocycles. The third-order valence-electron chi connectivity index (χ3n) is 5.29. The first-order chi connectivity index (χ1) is 11.3. The third kappa shape index (κ3) is 2.49. The van der Waals surface area contributed by atoms with Crippen molar-refractivity contribution in [1.82, 2.24) is 4.90 Å². The van der Waals surface area contributed by atoms with Gasteiger partial charge in [0, 0.05) is 18.6 Å². The van der Waals surface area contributed by atoms with E-state index >= 15 is 0 Å². The lowest BCUT2D eigenvalue weighted by molar-refractivity contribution is 0.100. The Labute approximate surface area is 137 Å². The van der Waals surface area contributed by atoms with Gasteiger partial charge in [0.1, 0.15) is 11.5 Å². The summed E-state index contributed by atoms with van der Waals surface area (Å²) in [6, 6.07) is 16.2. The van der Waals surface area contributed by atoms with Gasteiger partial charge in [0.25, 0.3) is 0 Å². The zero-order chi connectivity index (χ0) is 15.8. The zero-order valence-electron chi connectivity index (χ0n) is 13.8. The summed E-state index contributed by atoms with van der Waals surface area (Å²) in [7, 11) is 3.46. The molecule has 4 rings (SSSR count). The van der Waals surface area contributed by atoms with E-state index in [0.717, 1.165) is 18.0 Å². The highest BCUT2D eigenvalue weighted by Gasteiger charge is 2.40. The highest BCUT2D eigenvalue weighted by molar-refractivity contribution is 5.44. The van der Waals surface area contributed by atoms with Crippen LogP contribution in [0.3, 0.4) is 0 Å². The maximum absolute atomic E-state index is 5.43. The van der Waals surface area contributed by atoms with Crippen molar-refractivity contribution < 1.29 is 9.47 Å². The molecule has 1 saturated heterocycles. The SMILES string of the molecule is COc1ccc(CN2C3CCCC2c2cc(OC)ccc23)cc1. The van der Waals surface area contributed by atoms with Crippen molar-refractivity contribution in [2.45, 2.75) is 37.9 Å². The number of hydrogen-bond acceptors (Lipinski definition) is 3. The minimum atomic E-state index is 0.529. The molecule has 3 heteroatoms. The quantitative estimate of drug-likeness (QED) is 0.831. The van der Waals surface area contributed by atoms with E-state index in [1.807, 2.05) is 0 Å². The number of methoxy groups -OCH3 is 2. The average Bonchev–Trinajstić information content (AvgIpc) is 2.77. The molecule has 2 unspecified atom stereocenters. The summed E-state index contributed by atoms with van der Waals surface area (Å²) in [5.74, 6) is 1.89. The third-order valence-corrected chi connectivity index (χ3v) is 5.29. The molecule has 0 radical (unpaired) electrons. The lowest BCUT2D eigenvalue weighted by Crippen LogP contribution is -2.29. The molecule has 23 heavy (non-hydrogen) atoms. The number of hydrogen-bond donors (Lipinski definition) is 0. The Bertz CT molecular complexity index is 695. The lowest BCUT2D eigenvalue weighted by Gasteiger charge is -2.35. The molecule has 2 aromatic carbocycles. The maximum atomic E-state index is 5.43. The van der Waals surface area contributed by atoms with Crippen LogP contribution in [0.25, 0.3) is 0 Å². The summed E-state index contributed by atoms with van der Waals surface area (Å²) in [5, 5.41) is 0. The van der Waals surface area contributed by atoms with Gasteiger partial charge in [0.05, 0.1) is 14.2 Å². The van der Waals surface area contributed by atoms with Crippen molar-refractivity contribution in [2.24, 2.45) is 0 Å². The van der Waals surface area contributed by atoms with E-state index in [2.05, 4.69) is 47.4 Å². The first-order valence-electron chi connectivity index (χ1n) is 8.36. The molecule has 2 aliphatic heterocycles. The predicted octanol–water partition coefficient (Wildman–Crippen LogP) is 4.49. The maximum Gasteiger partial charge on any atom is 0.119 e. The van der Waals surface area contributed by atoms with E-state index in [1.165, 1.54) is 36.0 Å². The van der Waals surface area contributed by atoms with E-state index < -0.39 is 0 Å². The second-order valence-electron chi connectivity index (χ2n) is 6.48. The average molecular weight is 309 g/mol. The second kappa shape index (κ2) is 5.89. The van der Waals surface area contributed by atoms with Crippen LogP contribution in [0.1, 0.15) is 48.0 Å². The number of nitrogens with zero attached hydrogens (tertiary/aromatic N) is 1. The zero-order valence-corrected chi connectivity index (χ0v) is 13.8. The van der Waals surface area contributed by atoms with Gasteiger partial charge < -0.3 is 9.47 Å². The predicted molar refractivity (Wildman–Crippen MR) is 90.9 cm³/mol. The van der Waals surface area contributed by atoms with E-state index in [4.69, 9.17) is 9.47 Å². The van der Waals surface area contributed by atoms with Gasteiger partial charge >= 0.3 is 0 Å². The van der Waals surface area contributed by atoms with Gasteiger partial charge in [-0.15, -0.1) is 0 Å². The molecule has 0 N–H and O–H groups in total. The van der Waals surface area contributed by atoms with Crippen LogP contribution in [0, 0.1) is 0 Å². The van der Waals surface area contributed by atoms with Gasteiger partial charge in [0.2, 0.25) is 0 Å². The van der Waals surface area contributed by atoms with E-state index in [1.54, 1.807) is 14.2 Å².